The van der Waals surface area contributed by atoms with Crippen molar-refractivity contribution in [2.24, 2.45) is 4.99 Å². The van der Waals surface area contributed by atoms with Crippen LogP contribution in [0, 0.1) is 0 Å². The number of hydrogen-bond donors (Lipinski definition) is 2. The first-order valence-corrected chi connectivity index (χ1v) is 11.2. The molecule has 2 aliphatic heterocycles. The first-order chi connectivity index (χ1) is 16.6. The lowest BCUT2D eigenvalue weighted by atomic mass is 9.99. The lowest BCUT2D eigenvalue weighted by Crippen LogP contribution is -2.50. The SMILES string of the molecule is CN1C(OCCC(=O)O)=NC2=C(CCN(c3ncccc3Cl)C2)C1Nc1ccc(C(F)(F)F)cc1. The molecule has 0 saturated heterocycles. The highest BCUT2D eigenvalue weighted by atomic mass is 35.5. The highest BCUT2D eigenvalue weighted by Crippen LogP contribution is 2.34. The number of rotatable bonds is 6. The molecule has 35 heavy (non-hydrogen) atoms. The van der Waals surface area contributed by atoms with Gasteiger partial charge in [0.25, 0.3) is 6.02 Å². The largest absolute Gasteiger partial charge is 0.481 e. The fourth-order valence-corrected chi connectivity index (χ4v) is 4.19. The highest BCUT2D eigenvalue weighted by molar-refractivity contribution is 6.32. The quantitative estimate of drug-likeness (QED) is 0.594. The van der Waals surface area contributed by atoms with Crippen LogP contribution in [0.15, 0.2) is 58.9 Å². The number of carbonyl (C=O) groups is 1. The van der Waals surface area contributed by atoms with E-state index in [1.165, 1.54) is 12.1 Å². The van der Waals surface area contributed by atoms with Crippen LogP contribution in [0.5, 0.6) is 0 Å². The number of amidine groups is 1. The fraction of sp³-hybridized carbons (Fsp3) is 0.348. The van der Waals surface area contributed by atoms with E-state index in [0.717, 1.165) is 17.7 Å². The van der Waals surface area contributed by atoms with Gasteiger partial charge >= 0.3 is 12.1 Å². The number of pyridine rings is 1. The van der Waals surface area contributed by atoms with Crippen LogP contribution in [-0.2, 0) is 15.7 Å². The summed E-state index contributed by atoms with van der Waals surface area (Å²) < 4.78 is 44.6. The third kappa shape index (κ3) is 5.61. The van der Waals surface area contributed by atoms with Crippen LogP contribution in [-0.4, -0.2) is 59.9 Å². The van der Waals surface area contributed by atoms with E-state index >= 15 is 0 Å². The highest BCUT2D eigenvalue weighted by Gasteiger charge is 2.35. The summed E-state index contributed by atoms with van der Waals surface area (Å²) in [5.74, 6) is -0.382. The number of anilines is 2. The van der Waals surface area contributed by atoms with Gasteiger partial charge in [0.1, 0.15) is 18.6 Å². The zero-order valence-electron chi connectivity index (χ0n) is 18.7. The summed E-state index contributed by atoms with van der Waals surface area (Å²) in [6.07, 6.45) is -2.84. The second kappa shape index (κ2) is 10.0. The molecule has 12 heteroatoms. The average Bonchev–Trinajstić information content (AvgIpc) is 2.81. The Morgan fingerprint density at radius 2 is 2.03 bits per heavy atom. The Morgan fingerprint density at radius 3 is 2.69 bits per heavy atom. The van der Waals surface area contributed by atoms with Gasteiger partial charge in [-0.3, -0.25) is 4.79 Å². The average molecular weight is 510 g/mol. The Kier molecular flexibility index (Phi) is 7.06. The van der Waals surface area contributed by atoms with Crippen LogP contribution in [0.3, 0.4) is 0 Å². The van der Waals surface area contributed by atoms with E-state index in [9.17, 15) is 18.0 Å². The summed E-state index contributed by atoms with van der Waals surface area (Å²) in [5.41, 5.74) is 1.40. The summed E-state index contributed by atoms with van der Waals surface area (Å²) in [4.78, 5) is 23.6. The fourth-order valence-electron chi connectivity index (χ4n) is 3.95. The zero-order valence-corrected chi connectivity index (χ0v) is 19.5. The molecule has 1 unspecified atom stereocenters. The molecule has 0 bridgehead atoms. The van der Waals surface area contributed by atoms with Crippen LogP contribution < -0.4 is 10.2 Å². The van der Waals surface area contributed by atoms with Gasteiger partial charge in [0.05, 0.1) is 29.2 Å². The molecule has 0 spiro atoms. The van der Waals surface area contributed by atoms with Crippen LogP contribution in [0.25, 0.3) is 0 Å². The summed E-state index contributed by atoms with van der Waals surface area (Å²) >= 11 is 6.33. The van der Waals surface area contributed by atoms with E-state index in [1.54, 1.807) is 30.3 Å². The number of hydrogen-bond acceptors (Lipinski definition) is 7. The normalized spacial score (nSPS) is 18.2. The van der Waals surface area contributed by atoms with E-state index in [-0.39, 0.29) is 19.0 Å². The Labute approximate surface area is 204 Å². The molecule has 186 valence electrons. The lowest BCUT2D eigenvalue weighted by molar-refractivity contribution is -0.138. The standard InChI is InChI=1S/C23H23ClF3N5O3/c1-31-20(29-15-6-4-14(5-7-15)23(25,26)27)16-8-11-32(21-17(24)3-2-10-28-21)13-18(16)30-22(31)35-12-9-19(33)34/h2-7,10,20,29H,8-9,11-13H2,1H3,(H,33,34). The van der Waals surface area contributed by atoms with Crippen molar-refractivity contribution in [2.75, 3.05) is 37.0 Å². The van der Waals surface area contributed by atoms with Crippen LogP contribution in [0.2, 0.25) is 5.02 Å². The molecule has 1 aromatic carbocycles. The van der Waals surface area contributed by atoms with Crippen molar-refractivity contribution in [1.82, 2.24) is 9.88 Å². The molecule has 2 N–H and O–H groups in total. The molecule has 0 amide bonds. The number of aromatic nitrogens is 1. The van der Waals surface area contributed by atoms with Gasteiger partial charge in [-0.25, -0.2) is 9.98 Å². The lowest BCUT2D eigenvalue weighted by Gasteiger charge is -2.41. The molecule has 0 radical (unpaired) electrons. The molecule has 2 aromatic rings. The number of nitrogens with zero attached hydrogens (tertiary/aromatic N) is 4. The maximum Gasteiger partial charge on any atom is 0.416 e. The molecule has 2 aliphatic rings. The van der Waals surface area contributed by atoms with Gasteiger partial charge in [-0.05, 0) is 48.4 Å². The maximum atomic E-state index is 13.0. The van der Waals surface area contributed by atoms with Crippen molar-refractivity contribution in [1.29, 1.82) is 0 Å². The summed E-state index contributed by atoms with van der Waals surface area (Å²) in [7, 11) is 1.73. The Balaban J connectivity index is 1.61. The van der Waals surface area contributed by atoms with E-state index in [4.69, 9.17) is 21.4 Å². The number of carboxylic acid groups (broad SMARTS) is 1. The molecular formula is C23H23ClF3N5O3. The smallest absolute Gasteiger partial charge is 0.416 e. The van der Waals surface area contributed by atoms with Gasteiger partial charge in [-0.15, -0.1) is 0 Å². The minimum atomic E-state index is -4.42. The summed E-state index contributed by atoms with van der Waals surface area (Å²) in [6, 6.07) is 8.48. The molecule has 1 aromatic heterocycles. The van der Waals surface area contributed by atoms with Gasteiger partial charge in [-0.2, -0.15) is 13.2 Å². The zero-order chi connectivity index (χ0) is 25.2. The molecule has 0 saturated carbocycles. The number of halogens is 4. The number of likely N-dealkylation sites (N-methyl/N-ethyl adjacent to an activating group) is 1. The first kappa shape index (κ1) is 24.6. The van der Waals surface area contributed by atoms with Crippen molar-refractivity contribution >= 4 is 35.1 Å². The van der Waals surface area contributed by atoms with E-state index < -0.39 is 23.9 Å². The number of benzene rings is 1. The molecular weight excluding hydrogens is 487 g/mol. The van der Waals surface area contributed by atoms with Gasteiger partial charge < -0.3 is 25.0 Å². The third-order valence-corrected chi connectivity index (χ3v) is 6.01. The van der Waals surface area contributed by atoms with E-state index in [0.29, 0.717) is 41.7 Å². The van der Waals surface area contributed by atoms with Crippen molar-refractivity contribution in [3.05, 3.63) is 64.5 Å². The number of ether oxygens (including phenoxy) is 1. The third-order valence-electron chi connectivity index (χ3n) is 5.71. The molecule has 8 nitrogen and oxygen atoms in total. The molecule has 1 atom stereocenters. The van der Waals surface area contributed by atoms with Crippen molar-refractivity contribution in [3.8, 4) is 0 Å². The number of aliphatic carboxylic acids is 1. The predicted octanol–water partition coefficient (Wildman–Crippen LogP) is 4.45. The monoisotopic (exact) mass is 509 g/mol. The van der Waals surface area contributed by atoms with Gasteiger partial charge in [0.2, 0.25) is 0 Å². The molecule has 0 aliphatic carbocycles. The number of aliphatic imine (C=N–C) groups is 1. The summed E-state index contributed by atoms with van der Waals surface area (Å²) in [6.45, 7) is 0.917. The maximum absolute atomic E-state index is 13.0. The Hall–Kier alpha value is -3.47. The van der Waals surface area contributed by atoms with E-state index in [2.05, 4.69) is 15.3 Å². The number of nitrogens with one attached hydrogen (secondary N) is 1. The van der Waals surface area contributed by atoms with Gasteiger partial charge in [-0.1, -0.05) is 11.6 Å². The van der Waals surface area contributed by atoms with Gasteiger partial charge in [0, 0.05) is 25.5 Å². The topological polar surface area (TPSA) is 90.3 Å². The Bertz CT molecular complexity index is 1150. The van der Waals surface area contributed by atoms with Gasteiger partial charge in [0.15, 0.2) is 0 Å². The van der Waals surface area contributed by atoms with Crippen molar-refractivity contribution in [2.45, 2.75) is 25.2 Å². The summed E-state index contributed by atoms with van der Waals surface area (Å²) in [5, 5.41) is 12.7. The second-order valence-corrected chi connectivity index (χ2v) is 8.48. The second-order valence-electron chi connectivity index (χ2n) is 8.07. The molecule has 0 fully saturated rings. The predicted molar refractivity (Wildman–Crippen MR) is 125 cm³/mol. The van der Waals surface area contributed by atoms with Crippen LogP contribution >= 0.6 is 11.6 Å². The van der Waals surface area contributed by atoms with Crippen LogP contribution in [0.4, 0.5) is 24.7 Å². The molecule has 4 rings (SSSR count). The van der Waals surface area contributed by atoms with E-state index in [1.807, 2.05) is 4.90 Å². The Morgan fingerprint density at radius 1 is 1.29 bits per heavy atom. The minimum absolute atomic E-state index is 0.0795. The van der Waals surface area contributed by atoms with Crippen LogP contribution in [0.1, 0.15) is 18.4 Å². The molecule has 3 heterocycles. The number of carboxylic acids is 1. The van der Waals surface area contributed by atoms with Crippen molar-refractivity contribution < 1.29 is 27.8 Å². The number of alkyl halides is 3. The first-order valence-electron chi connectivity index (χ1n) is 10.8. The van der Waals surface area contributed by atoms with Crippen molar-refractivity contribution in [3.63, 3.8) is 0 Å². The minimum Gasteiger partial charge on any atom is -0.481 e.